The summed E-state index contributed by atoms with van der Waals surface area (Å²) in [6, 6.07) is 9.72. The molecular formula is C16H23FO3Si. The molecule has 0 aliphatic carbocycles. The highest BCUT2D eigenvalue weighted by Gasteiger charge is 2.24. The van der Waals surface area contributed by atoms with Crippen LogP contribution in [0.15, 0.2) is 41.9 Å². The van der Waals surface area contributed by atoms with Gasteiger partial charge in [-0.25, -0.2) is 4.79 Å². The van der Waals surface area contributed by atoms with E-state index in [-0.39, 0.29) is 12.4 Å². The smallest absolute Gasteiger partial charge is 0.370 e. The van der Waals surface area contributed by atoms with E-state index in [0.717, 1.165) is 5.56 Å². The number of benzene rings is 1. The van der Waals surface area contributed by atoms with Crippen LogP contribution in [0, 0.1) is 0 Å². The van der Waals surface area contributed by atoms with Gasteiger partial charge in [-0.3, -0.25) is 0 Å². The Kier molecular flexibility index (Phi) is 6.62. The number of esters is 1. The van der Waals surface area contributed by atoms with Gasteiger partial charge in [-0.2, -0.15) is 4.39 Å². The Morgan fingerprint density at radius 2 is 1.81 bits per heavy atom. The molecule has 0 radical (unpaired) electrons. The predicted molar refractivity (Wildman–Crippen MR) is 84.0 cm³/mol. The highest BCUT2D eigenvalue weighted by molar-refractivity contribution is 6.70. The second kappa shape index (κ2) is 7.98. The van der Waals surface area contributed by atoms with Crippen LogP contribution in [0.25, 0.3) is 0 Å². The Labute approximate surface area is 126 Å². The van der Waals surface area contributed by atoms with E-state index in [1.165, 1.54) is 0 Å². The highest BCUT2D eigenvalue weighted by Crippen LogP contribution is 2.21. The standard InChI is InChI=1S/C16H23FO3Si/c1-5-19-16(18)15(17)14(20-21(2,3)4)12-11-13-9-7-6-8-10-13/h6-10H,5,11-12H2,1-4H3/b15-14+. The van der Waals surface area contributed by atoms with Gasteiger partial charge >= 0.3 is 5.97 Å². The van der Waals surface area contributed by atoms with Crippen molar-refractivity contribution in [1.82, 2.24) is 0 Å². The molecule has 21 heavy (non-hydrogen) atoms. The summed E-state index contributed by atoms with van der Waals surface area (Å²) in [4.78, 5) is 11.6. The summed E-state index contributed by atoms with van der Waals surface area (Å²) in [5.74, 6) is -1.74. The Hall–Kier alpha value is -1.62. The number of carbonyl (C=O) groups is 1. The van der Waals surface area contributed by atoms with Crippen LogP contribution in [0.3, 0.4) is 0 Å². The van der Waals surface area contributed by atoms with E-state index in [9.17, 15) is 9.18 Å². The summed E-state index contributed by atoms with van der Waals surface area (Å²) < 4.78 is 24.6. The van der Waals surface area contributed by atoms with Gasteiger partial charge in [0.05, 0.1) is 6.61 Å². The third-order valence-electron chi connectivity index (χ3n) is 2.61. The Morgan fingerprint density at radius 3 is 2.33 bits per heavy atom. The van der Waals surface area contributed by atoms with Crippen LogP contribution in [-0.2, 0) is 20.4 Å². The lowest BCUT2D eigenvalue weighted by molar-refractivity contribution is -0.140. The number of aryl methyl sites for hydroxylation is 1. The minimum absolute atomic E-state index is 0.108. The van der Waals surface area contributed by atoms with Gasteiger partial charge in [0.25, 0.3) is 0 Å². The van der Waals surface area contributed by atoms with Crippen LogP contribution >= 0.6 is 0 Å². The average molecular weight is 310 g/mol. The van der Waals surface area contributed by atoms with E-state index in [1.54, 1.807) is 6.92 Å². The highest BCUT2D eigenvalue weighted by atomic mass is 28.4. The number of halogens is 1. The molecule has 0 aromatic heterocycles. The van der Waals surface area contributed by atoms with Gasteiger partial charge in [-0.1, -0.05) is 30.3 Å². The molecule has 0 aliphatic heterocycles. The molecule has 0 heterocycles. The summed E-state index contributed by atoms with van der Waals surface area (Å²) in [5.41, 5.74) is 1.07. The Morgan fingerprint density at radius 1 is 1.19 bits per heavy atom. The van der Waals surface area contributed by atoms with E-state index < -0.39 is 20.1 Å². The lowest BCUT2D eigenvalue weighted by Crippen LogP contribution is -2.26. The van der Waals surface area contributed by atoms with Crippen LogP contribution in [0.5, 0.6) is 0 Å². The fourth-order valence-electron chi connectivity index (χ4n) is 1.79. The zero-order chi connectivity index (χ0) is 15.9. The van der Waals surface area contributed by atoms with E-state index in [4.69, 9.17) is 9.16 Å². The third-order valence-corrected chi connectivity index (χ3v) is 3.47. The maximum Gasteiger partial charge on any atom is 0.370 e. The van der Waals surface area contributed by atoms with Gasteiger partial charge < -0.3 is 9.16 Å². The van der Waals surface area contributed by atoms with Gasteiger partial charge in [-0.05, 0) is 38.5 Å². The third kappa shape index (κ3) is 6.58. The first-order valence-electron chi connectivity index (χ1n) is 7.12. The van der Waals surface area contributed by atoms with Crippen molar-refractivity contribution in [2.75, 3.05) is 6.61 Å². The molecule has 1 aromatic rings. The minimum atomic E-state index is -2.00. The summed E-state index contributed by atoms with van der Waals surface area (Å²) in [6.45, 7) is 7.65. The van der Waals surface area contributed by atoms with E-state index in [1.807, 2.05) is 50.0 Å². The first-order valence-corrected chi connectivity index (χ1v) is 10.5. The SMILES string of the molecule is CCOC(=O)/C(F)=C(/CCc1ccccc1)O[Si](C)(C)C. The molecule has 0 saturated carbocycles. The first kappa shape index (κ1) is 17.4. The predicted octanol–water partition coefficient (Wildman–Crippen LogP) is 4.21. The van der Waals surface area contributed by atoms with Crippen molar-refractivity contribution in [3.8, 4) is 0 Å². The maximum absolute atomic E-state index is 14.2. The van der Waals surface area contributed by atoms with Crippen molar-refractivity contribution in [2.45, 2.75) is 39.4 Å². The lowest BCUT2D eigenvalue weighted by atomic mass is 10.1. The molecule has 0 N–H and O–H groups in total. The summed E-state index contributed by atoms with van der Waals surface area (Å²) >= 11 is 0. The first-order chi connectivity index (χ1) is 9.83. The van der Waals surface area contributed by atoms with Crippen molar-refractivity contribution in [3.05, 3.63) is 47.5 Å². The fraction of sp³-hybridized carbons (Fsp3) is 0.438. The molecule has 0 aliphatic rings. The number of hydrogen-bond donors (Lipinski definition) is 0. The minimum Gasteiger partial charge on any atom is -0.545 e. The molecule has 0 spiro atoms. The fourth-order valence-corrected chi connectivity index (χ4v) is 2.72. The van der Waals surface area contributed by atoms with E-state index in [2.05, 4.69) is 0 Å². The molecule has 0 fully saturated rings. The van der Waals surface area contributed by atoms with Crippen molar-refractivity contribution in [3.63, 3.8) is 0 Å². The maximum atomic E-state index is 14.2. The molecule has 116 valence electrons. The summed E-state index contributed by atoms with van der Waals surface area (Å²) in [5, 5.41) is 0. The monoisotopic (exact) mass is 310 g/mol. The zero-order valence-electron chi connectivity index (χ0n) is 13.1. The number of allylic oxidation sites excluding steroid dienone is 1. The molecule has 0 saturated heterocycles. The topological polar surface area (TPSA) is 35.5 Å². The quantitative estimate of drug-likeness (QED) is 0.327. The molecule has 0 unspecified atom stereocenters. The summed E-state index contributed by atoms with van der Waals surface area (Å²) in [7, 11) is -2.00. The molecule has 0 bridgehead atoms. The lowest BCUT2D eigenvalue weighted by Gasteiger charge is -2.22. The molecule has 1 rings (SSSR count). The second-order valence-corrected chi connectivity index (χ2v) is 10.1. The van der Waals surface area contributed by atoms with E-state index in [0.29, 0.717) is 12.8 Å². The molecule has 3 nitrogen and oxygen atoms in total. The molecular weight excluding hydrogens is 287 g/mol. The number of ether oxygens (including phenoxy) is 1. The Balaban J connectivity index is 2.87. The van der Waals surface area contributed by atoms with Crippen LogP contribution in [0.4, 0.5) is 4.39 Å². The van der Waals surface area contributed by atoms with Gasteiger partial charge in [0.1, 0.15) is 5.76 Å². The van der Waals surface area contributed by atoms with Gasteiger partial charge in [0.2, 0.25) is 14.1 Å². The largest absolute Gasteiger partial charge is 0.545 e. The van der Waals surface area contributed by atoms with Gasteiger partial charge in [0, 0.05) is 6.42 Å². The van der Waals surface area contributed by atoms with Crippen LogP contribution in [0.1, 0.15) is 18.9 Å². The zero-order valence-corrected chi connectivity index (χ0v) is 14.1. The van der Waals surface area contributed by atoms with Crippen LogP contribution in [0.2, 0.25) is 19.6 Å². The van der Waals surface area contributed by atoms with Crippen molar-refractivity contribution in [1.29, 1.82) is 0 Å². The number of hydrogen-bond acceptors (Lipinski definition) is 3. The molecule has 5 heteroatoms. The van der Waals surface area contributed by atoms with Crippen molar-refractivity contribution < 1.29 is 18.3 Å². The van der Waals surface area contributed by atoms with Gasteiger partial charge in [0.15, 0.2) is 0 Å². The second-order valence-electron chi connectivity index (χ2n) is 5.66. The van der Waals surface area contributed by atoms with Crippen LogP contribution in [-0.4, -0.2) is 20.9 Å². The average Bonchev–Trinajstić information content (AvgIpc) is 2.43. The normalized spacial score (nSPS) is 12.6. The number of carbonyl (C=O) groups excluding carboxylic acids is 1. The summed E-state index contributed by atoms with van der Waals surface area (Å²) in [6.07, 6.45) is 0.965. The van der Waals surface area contributed by atoms with Crippen molar-refractivity contribution in [2.24, 2.45) is 0 Å². The Bertz CT molecular complexity index is 492. The van der Waals surface area contributed by atoms with Crippen LogP contribution < -0.4 is 0 Å². The van der Waals surface area contributed by atoms with E-state index >= 15 is 0 Å². The molecule has 0 atom stereocenters. The van der Waals surface area contributed by atoms with Gasteiger partial charge in [-0.15, -0.1) is 0 Å². The number of rotatable bonds is 7. The van der Waals surface area contributed by atoms with Crippen molar-refractivity contribution >= 4 is 14.3 Å². The molecule has 1 aromatic carbocycles. The molecule has 0 amide bonds.